The number of phenolic OH excluding ortho intramolecular Hbond substituents is 2. The Balaban J connectivity index is 1.22. The molecule has 0 radical (unpaired) electrons. The van der Waals surface area contributed by atoms with Crippen LogP contribution in [0.15, 0.2) is 60.7 Å². The normalized spacial score (nSPS) is 23.3. The summed E-state index contributed by atoms with van der Waals surface area (Å²) in [6.45, 7) is -0.140. The van der Waals surface area contributed by atoms with Gasteiger partial charge in [-0.15, -0.1) is 0 Å². The summed E-state index contributed by atoms with van der Waals surface area (Å²) in [5.74, 6) is 6.79. The summed E-state index contributed by atoms with van der Waals surface area (Å²) in [7, 11) is 1.56. The van der Waals surface area contributed by atoms with Gasteiger partial charge in [0.2, 0.25) is 0 Å². The minimum absolute atomic E-state index is 0.0105. The summed E-state index contributed by atoms with van der Waals surface area (Å²) in [6, 6.07) is 17.0. The van der Waals surface area contributed by atoms with Gasteiger partial charge in [0.1, 0.15) is 24.9 Å². The van der Waals surface area contributed by atoms with Crippen molar-refractivity contribution in [3.63, 3.8) is 0 Å². The van der Waals surface area contributed by atoms with Crippen LogP contribution >= 0.6 is 0 Å². The van der Waals surface area contributed by atoms with E-state index in [2.05, 4.69) is 35.0 Å². The number of benzene rings is 3. The van der Waals surface area contributed by atoms with Crippen LogP contribution in [0, 0.1) is 29.1 Å². The van der Waals surface area contributed by atoms with Crippen LogP contribution in [-0.2, 0) is 27.2 Å². The van der Waals surface area contributed by atoms with E-state index in [1.165, 1.54) is 25.7 Å². The van der Waals surface area contributed by atoms with E-state index in [0.29, 0.717) is 30.4 Å². The molecule has 3 aliphatic carbocycles. The molecule has 292 valence electrons. The van der Waals surface area contributed by atoms with E-state index in [4.69, 9.17) is 14.2 Å². The molecule has 4 unspecified atom stereocenters. The Labute approximate surface area is 328 Å². The van der Waals surface area contributed by atoms with Crippen LogP contribution in [0.5, 0.6) is 23.0 Å². The number of carbonyl (C=O) groups excluding carboxylic acids is 2. The number of aromatic hydroxyl groups is 2. The smallest absolute Gasteiger partial charge is 0.318 e. The molecule has 0 amide bonds. The van der Waals surface area contributed by atoms with E-state index in [1.807, 2.05) is 24.3 Å². The number of aromatic amines is 1. The number of methoxy groups -OCH3 is 1. The number of carbonyl (C=O) groups is 2. The van der Waals surface area contributed by atoms with Crippen LogP contribution in [0.3, 0.4) is 0 Å². The number of hydrogen-bond donors (Lipinski definition) is 4. The van der Waals surface area contributed by atoms with Gasteiger partial charge in [-0.1, -0.05) is 55.0 Å². The van der Waals surface area contributed by atoms with Crippen molar-refractivity contribution >= 4 is 28.2 Å². The number of Topliss-reactive ketones (excluding diaryl/α,β-unsaturated/α-hetero) is 1. The molecule has 1 spiro atoms. The van der Waals surface area contributed by atoms with Crippen molar-refractivity contribution in [2.24, 2.45) is 17.3 Å². The Morgan fingerprint density at radius 3 is 2.59 bits per heavy atom. The fourth-order valence-corrected chi connectivity index (χ4v) is 10.2. The number of cyclic esters (lactones) is 1. The fourth-order valence-electron chi connectivity index (χ4n) is 10.2. The van der Waals surface area contributed by atoms with Gasteiger partial charge < -0.3 is 34.5 Å². The highest BCUT2D eigenvalue weighted by Gasteiger charge is 2.46. The first-order chi connectivity index (χ1) is 27.2. The first kappa shape index (κ1) is 37.7. The number of allylic oxidation sites excluding steroid dienone is 1. The number of esters is 1. The van der Waals surface area contributed by atoms with Gasteiger partial charge in [0.15, 0.2) is 23.0 Å². The van der Waals surface area contributed by atoms with Gasteiger partial charge in [0.05, 0.1) is 19.4 Å². The minimum atomic E-state index is -0.683. The van der Waals surface area contributed by atoms with Crippen LogP contribution in [0.25, 0.3) is 16.5 Å². The predicted octanol–water partition coefficient (Wildman–Crippen LogP) is 8.31. The molecule has 4 N–H and O–H groups in total. The zero-order valence-electron chi connectivity index (χ0n) is 32.1. The standard InChI is InChI=1S/C47H51NO8/c1-54-43-27-38-36-25-31(50)24-32(14-12-29-13-15-41(51)44(22-29)55-21-20-49)56-45(53)11-5-3-9-35-34-8-2-4-10-40(34)48-46(35)39(37(38)26-42(43)52)23-30-28-47(17-6-7-18-47)19-16-33(30)36/h2,4,8,10,13,15,22-23,26-27,30,32-33,36,48-49,51-52H,6-7,9,11-12,14,16-21,24-25,28H2,1H3. The van der Waals surface area contributed by atoms with Gasteiger partial charge in [0.25, 0.3) is 0 Å². The first-order valence-electron chi connectivity index (χ1n) is 20.2. The SMILES string of the molecule is COc1cc2c(cc1O)C1=CC3CC4(CCCC4)CCC3C2CC(=O)CC(CCc2ccc(O)c(OCCO)c2)OC(=O)CC#CCc2c1[nH]c1ccccc21. The number of aliphatic hydroxyl groups excluding tert-OH is 1. The summed E-state index contributed by atoms with van der Waals surface area (Å²) in [5, 5.41) is 31.9. The van der Waals surface area contributed by atoms with Crippen LogP contribution < -0.4 is 9.47 Å². The topological polar surface area (TPSA) is 138 Å². The van der Waals surface area contributed by atoms with Crippen LogP contribution in [-0.4, -0.2) is 58.5 Å². The van der Waals surface area contributed by atoms with Crippen molar-refractivity contribution < 1.29 is 39.1 Å². The fraction of sp³-hybridized carbons (Fsp3) is 0.447. The van der Waals surface area contributed by atoms with E-state index < -0.39 is 12.1 Å². The van der Waals surface area contributed by atoms with E-state index in [9.17, 15) is 24.9 Å². The van der Waals surface area contributed by atoms with E-state index in [1.54, 1.807) is 25.3 Å². The number of para-hydroxylation sites is 1. The second kappa shape index (κ2) is 16.1. The number of phenols is 2. The monoisotopic (exact) mass is 757 g/mol. The average Bonchev–Trinajstić information content (AvgIpc) is 3.77. The van der Waals surface area contributed by atoms with Crippen molar-refractivity contribution in [3.05, 3.63) is 88.6 Å². The van der Waals surface area contributed by atoms with Crippen molar-refractivity contribution in [3.8, 4) is 34.8 Å². The van der Waals surface area contributed by atoms with Crippen LogP contribution in [0.4, 0.5) is 0 Å². The van der Waals surface area contributed by atoms with E-state index in [-0.39, 0.29) is 73.3 Å². The molecule has 1 aliphatic heterocycles. The minimum Gasteiger partial charge on any atom is -0.504 e. The van der Waals surface area contributed by atoms with Crippen LogP contribution in [0.1, 0.15) is 104 Å². The largest absolute Gasteiger partial charge is 0.504 e. The number of rotatable bonds is 7. The van der Waals surface area contributed by atoms with Crippen molar-refractivity contribution in [2.75, 3.05) is 20.3 Å². The highest BCUT2D eigenvalue weighted by Crippen LogP contribution is 2.58. The molecule has 8 rings (SSSR count). The highest BCUT2D eigenvalue weighted by atomic mass is 16.5. The molecule has 2 saturated carbocycles. The second-order valence-electron chi connectivity index (χ2n) is 16.3. The van der Waals surface area contributed by atoms with E-state index in [0.717, 1.165) is 63.7 Å². The van der Waals surface area contributed by atoms with Gasteiger partial charge in [-0.3, -0.25) is 9.59 Å². The predicted molar refractivity (Wildman–Crippen MR) is 214 cm³/mol. The molecule has 3 aromatic carbocycles. The number of nitrogens with one attached hydrogen (secondary N) is 1. The molecule has 56 heavy (non-hydrogen) atoms. The molecular formula is C47H51NO8. The van der Waals surface area contributed by atoms with Gasteiger partial charge in [-0.25, -0.2) is 0 Å². The number of hydrogen-bond acceptors (Lipinski definition) is 8. The quantitative estimate of drug-likeness (QED) is 0.109. The van der Waals surface area contributed by atoms with Gasteiger partial charge in [0, 0.05) is 35.7 Å². The lowest BCUT2D eigenvalue weighted by molar-refractivity contribution is -0.149. The average molecular weight is 758 g/mol. The molecule has 1 aromatic heterocycles. The molecule has 2 heterocycles. The lowest BCUT2D eigenvalue weighted by Gasteiger charge is -2.44. The number of aromatic nitrogens is 1. The van der Waals surface area contributed by atoms with Gasteiger partial charge in [-0.05, 0) is 121 Å². The molecular weight excluding hydrogens is 707 g/mol. The molecule has 9 heteroatoms. The highest BCUT2D eigenvalue weighted by molar-refractivity contribution is 5.94. The third-order valence-electron chi connectivity index (χ3n) is 12.9. The summed E-state index contributed by atoms with van der Waals surface area (Å²) < 4.78 is 17.3. The van der Waals surface area contributed by atoms with E-state index >= 15 is 0 Å². The maximum absolute atomic E-state index is 14.5. The summed E-state index contributed by atoms with van der Waals surface area (Å²) in [5.41, 5.74) is 7.04. The third-order valence-corrected chi connectivity index (χ3v) is 12.9. The molecule has 0 saturated heterocycles. The molecule has 4 aromatic rings. The van der Waals surface area contributed by atoms with Gasteiger partial charge >= 0.3 is 5.97 Å². The number of H-pyrrole nitrogens is 1. The summed E-state index contributed by atoms with van der Waals surface area (Å²) >= 11 is 0. The molecule has 9 nitrogen and oxygen atoms in total. The Kier molecular flexibility index (Phi) is 10.8. The number of ketones is 1. The van der Waals surface area contributed by atoms with Crippen molar-refractivity contribution in [1.29, 1.82) is 0 Å². The molecule has 4 atom stereocenters. The number of aryl methyl sites for hydroxylation is 1. The molecule has 4 aliphatic rings. The Hall–Kier alpha value is -5.20. The Morgan fingerprint density at radius 1 is 0.946 bits per heavy atom. The Bertz CT molecular complexity index is 2220. The summed E-state index contributed by atoms with van der Waals surface area (Å²) in [4.78, 5) is 31.6. The maximum Gasteiger partial charge on any atom is 0.318 e. The number of fused-ring (bicyclic) bond motifs is 6. The zero-order chi connectivity index (χ0) is 38.8. The third kappa shape index (κ3) is 7.64. The Morgan fingerprint density at radius 2 is 1.77 bits per heavy atom. The van der Waals surface area contributed by atoms with Crippen molar-refractivity contribution in [2.45, 2.75) is 95.5 Å². The maximum atomic E-state index is 14.5. The number of aliphatic hydroxyl groups is 1. The lowest BCUT2D eigenvalue weighted by atomic mass is 9.60. The van der Waals surface area contributed by atoms with Crippen LogP contribution in [0.2, 0.25) is 0 Å². The molecule has 2 bridgehead atoms. The number of ether oxygens (including phenoxy) is 3. The summed E-state index contributed by atoms with van der Waals surface area (Å²) in [6.07, 6.45) is 11.4. The van der Waals surface area contributed by atoms with Gasteiger partial charge in [-0.2, -0.15) is 0 Å². The lowest BCUT2D eigenvalue weighted by Crippen LogP contribution is -2.34. The second-order valence-corrected chi connectivity index (χ2v) is 16.3. The van der Waals surface area contributed by atoms with Crippen molar-refractivity contribution in [1.82, 2.24) is 4.98 Å². The first-order valence-corrected chi connectivity index (χ1v) is 20.2. The molecule has 2 fully saturated rings. The zero-order valence-corrected chi connectivity index (χ0v) is 32.1.